The van der Waals surface area contributed by atoms with Gasteiger partial charge in [0.15, 0.2) is 5.75 Å². The molecule has 4 heteroatoms. The van der Waals surface area contributed by atoms with Gasteiger partial charge in [-0.3, -0.25) is 4.98 Å². The van der Waals surface area contributed by atoms with E-state index in [0.717, 1.165) is 35.9 Å². The van der Waals surface area contributed by atoms with E-state index in [1.807, 2.05) is 31.2 Å². The summed E-state index contributed by atoms with van der Waals surface area (Å²) in [5.74, 6) is 1.72. The molecule has 1 atom stereocenters. The third kappa shape index (κ3) is 2.41. The molecule has 1 unspecified atom stereocenters. The summed E-state index contributed by atoms with van der Waals surface area (Å²) in [7, 11) is 1.66. The zero-order chi connectivity index (χ0) is 13.9. The first-order valence-electron chi connectivity index (χ1n) is 6.77. The molecule has 0 bridgehead atoms. The van der Waals surface area contributed by atoms with Crippen LogP contribution in [0.3, 0.4) is 0 Å². The summed E-state index contributed by atoms with van der Waals surface area (Å²) in [6.07, 6.45) is 2.68. The molecule has 2 heterocycles. The predicted octanol–water partition coefficient (Wildman–Crippen LogP) is 3.33. The summed E-state index contributed by atoms with van der Waals surface area (Å²) in [6, 6.07) is 10.4. The van der Waals surface area contributed by atoms with Gasteiger partial charge in [0.05, 0.1) is 31.6 Å². The Hall–Kier alpha value is -2.23. The molecule has 3 rings (SSSR count). The molecule has 0 radical (unpaired) electrons. The van der Waals surface area contributed by atoms with E-state index in [0.29, 0.717) is 0 Å². The quantitative estimate of drug-likeness (QED) is 0.929. The van der Waals surface area contributed by atoms with Crippen LogP contribution in [0.15, 0.2) is 36.5 Å². The lowest BCUT2D eigenvalue weighted by Gasteiger charge is -2.28. The number of nitrogens with zero attached hydrogens (tertiary/aromatic N) is 1. The van der Waals surface area contributed by atoms with Gasteiger partial charge < -0.3 is 14.8 Å². The van der Waals surface area contributed by atoms with Crippen molar-refractivity contribution in [2.45, 2.75) is 19.4 Å². The van der Waals surface area contributed by atoms with Gasteiger partial charge in [0.2, 0.25) is 0 Å². The minimum absolute atomic E-state index is 0.232. The van der Waals surface area contributed by atoms with Gasteiger partial charge >= 0.3 is 0 Å². The molecule has 0 spiro atoms. The Morgan fingerprint density at radius 3 is 3.05 bits per heavy atom. The average Bonchev–Trinajstić information content (AvgIpc) is 2.48. The second-order valence-electron chi connectivity index (χ2n) is 4.90. The van der Waals surface area contributed by atoms with Crippen LogP contribution in [0.4, 0.5) is 5.69 Å². The molecule has 1 aromatic carbocycles. The molecule has 0 aliphatic carbocycles. The molecular weight excluding hydrogens is 252 g/mol. The number of aryl methyl sites for hydroxylation is 1. The number of methoxy groups -OCH3 is 1. The van der Waals surface area contributed by atoms with Crippen molar-refractivity contribution >= 4 is 5.69 Å². The van der Waals surface area contributed by atoms with Gasteiger partial charge in [-0.15, -0.1) is 0 Å². The monoisotopic (exact) mass is 270 g/mol. The van der Waals surface area contributed by atoms with E-state index in [9.17, 15) is 0 Å². The third-order valence-electron chi connectivity index (χ3n) is 3.51. The van der Waals surface area contributed by atoms with Crippen LogP contribution in [0.1, 0.15) is 23.7 Å². The van der Waals surface area contributed by atoms with E-state index in [4.69, 9.17) is 9.47 Å². The Kier molecular flexibility index (Phi) is 3.46. The lowest BCUT2D eigenvalue weighted by Crippen LogP contribution is -2.20. The number of hydrogen-bond donors (Lipinski definition) is 1. The van der Waals surface area contributed by atoms with E-state index in [-0.39, 0.29) is 6.04 Å². The molecule has 1 N–H and O–H groups in total. The number of hydrogen-bond acceptors (Lipinski definition) is 4. The van der Waals surface area contributed by atoms with Crippen LogP contribution < -0.4 is 14.8 Å². The molecule has 0 amide bonds. The van der Waals surface area contributed by atoms with Crippen molar-refractivity contribution in [2.24, 2.45) is 0 Å². The van der Waals surface area contributed by atoms with Crippen LogP contribution in [0.5, 0.6) is 11.5 Å². The maximum absolute atomic E-state index is 5.69. The zero-order valence-corrected chi connectivity index (χ0v) is 11.7. The van der Waals surface area contributed by atoms with Crippen molar-refractivity contribution in [3.8, 4) is 11.5 Å². The van der Waals surface area contributed by atoms with Crippen molar-refractivity contribution < 1.29 is 9.47 Å². The minimum atomic E-state index is 0.232. The largest absolute Gasteiger partial charge is 0.493 e. The molecule has 1 aliphatic rings. The van der Waals surface area contributed by atoms with Gasteiger partial charge in [0, 0.05) is 17.7 Å². The number of rotatable bonds is 3. The topological polar surface area (TPSA) is 43.4 Å². The lowest BCUT2D eigenvalue weighted by atomic mass is 10.0. The highest BCUT2D eigenvalue weighted by atomic mass is 16.5. The number of nitrogens with one attached hydrogen (secondary N) is 1. The fraction of sp³-hybridized carbons (Fsp3) is 0.312. The van der Waals surface area contributed by atoms with Gasteiger partial charge in [-0.05, 0) is 19.1 Å². The van der Waals surface area contributed by atoms with Gasteiger partial charge in [0.1, 0.15) is 5.75 Å². The smallest absolute Gasteiger partial charge is 0.160 e. The molecule has 104 valence electrons. The Balaban J connectivity index is 1.91. The lowest BCUT2D eigenvalue weighted by molar-refractivity contribution is 0.274. The molecule has 0 saturated heterocycles. The van der Waals surface area contributed by atoms with Gasteiger partial charge in [-0.2, -0.15) is 0 Å². The van der Waals surface area contributed by atoms with Crippen molar-refractivity contribution in [3.05, 3.63) is 47.8 Å². The molecule has 4 nitrogen and oxygen atoms in total. The first-order valence-corrected chi connectivity index (χ1v) is 6.77. The highest BCUT2D eigenvalue weighted by Crippen LogP contribution is 2.36. The molecule has 1 aromatic heterocycles. The zero-order valence-electron chi connectivity index (χ0n) is 11.7. The van der Waals surface area contributed by atoms with Crippen LogP contribution in [-0.2, 0) is 0 Å². The van der Waals surface area contributed by atoms with Crippen LogP contribution in [-0.4, -0.2) is 18.7 Å². The molecule has 0 saturated carbocycles. The number of benzene rings is 1. The third-order valence-corrected chi connectivity index (χ3v) is 3.51. The van der Waals surface area contributed by atoms with Gasteiger partial charge in [-0.1, -0.05) is 18.2 Å². The van der Waals surface area contributed by atoms with E-state index >= 15 is 0 Å². The Morgan fingerprint density at radius 1 is 1.35 bits per heavy atom. The van der Waals surface area contributed by atoms with E-state index in [1.54, 1.807) is 13.3 Å². The van der Waals surface area contributed by atoms with Crippen molar-refractivity contribution in [1.82, 2.24) is 4.98 Å². The maximum Gasteiger partial charge on any atom is 0.160 e. The number of pyridine rings is 1. The Labute approximate surface area is 118 Å². The summed E-state index contributed by atoms with van der Waals surface area (Å²) >= 11 is 0. The van der Waals surface area contributed by atoms with Gasteiger partial charge in [-0.25, -0.2) is 0 Å². The highest BCUT2D eigenvalue weighted by molar-refractivity contribution is 5.58. The van der Waals surface area contributed by atoms with Crippen LogP contribution in [0.25, 0.3) is 0 Å². The van der Waals surface area contributed by atoms with E-state index < -0.39 is 0 Å². The first kappa shape index (κ1) is 12.8. The van der Waals surface area contributed by atoms with Crippen molar-refractivity contribution in [3.63, 3.8) is 0 Å². The Morgan fingerprint density at radius 2 is 2.20 bits per heavy atom. The first-order chi connectivity index (χ1) is 9.78. The van der Waals surface area contributed by atoms with Crippen LogP contribution in [0.2, 0.25) is 0 Å². The molecule has 1 aliphatic heterocycles. The molecular formula is C16H18N2O2. The number of aromatic nitrogens is 1. The number of anilines is 1. The maximum atomic E-state index is 5.69. The summed E-state index contributed by atoms with van der Waals surface area (Å²) < 4.78 is 11.1. The number of ether oxygens (including phenoxy) is 2. The Bertz CT molecular complexity index is 613. The predicted molar refractivity (Wildman–Crippen MR) is 78.4 cm³/mol. The number of para-hydroxylation sites is 1. The summed E-state index contributed by atoms with van der Waals surface area (Å²) in [5, 5.41) is 3.55. The fourth-order valence-electron chi connectivity index (χ4n) is 2.50. The second kappa shape index (κ2) is 5.41. The molecule has 20 heavy (non-hydrogen) atoms. The standard InChI is InChI=1S/C16H18N2O2/c1-11-9-14(16(19-2)10-17-11)18-13-7-8-20-15-6-4-3-5-12(13)15/h3-6,9-10,13H,7-8H2,1-2H3,(H,17,18). The summed E-state index contributed by atoms with van der Waals surface area (Å²) in [5.41, 5.74) is 3.13. The molecule has 0 fully saturated rings. The normalized spacial score (nSPS) is 17.0. The van der Waals surface area contributed by atoms with Crippen molar-refractivity contribution in [2.75, 3.05) is 19.0 Å². The summed E-state index contributed by atoms with van der Waals surface area (Å²) in [4.78, 5) is 4.26. The van der Waals surface area contributed by atoms with Crippen molar-refractivity contribution in [1.29, 1.82) is 0 Å². The minimum Gasteiger partial charge on any atom is -0.493 e. The second-order valence-corrected chi connectivity index (χ2v) is 4.90. The van der Waals surface area contributed by atoms with E-state index in [2.05, 4.69) is 16.4 Å². The SMILES string of the molecule is COc1cnc(C)cc1NC1CCOc2ccccc21. The van der Waals surface area contributed by atoms with E-state index in [1.165, 1.54) is 5.56 Å². The highest BCUT2D eigenvalue weighted by Gasteiger charge is 2.21. The van der Waals surface area contributed by atoms with Gasteiger partial charge in [0.25, 0.3) is 0 Å². The average molecular weight is 270 g/mol. The number of fused-ring (bicyclic) bond motifs is 1. The van der Waals surface area contributed by atoms with Crippen LogP contribution in [0, 0.1) is 6.92 Å². The fourth-order valence-corrected chi connectivity index (χ4v) is 2.50. The molecule has 2 aromatic rings. The summed E-state index contributed by atoms with van der Waals surface area (Å²) in [6.45, 7) is 2.70. The van der Waals surface area contributed by atoms with Crippen LogP contribution >= 0.6 is 0 Å².